The second-order valence-electron chi connectivity index (χ2n) is 5.89. The lowest BCUT2D eigenvalue weighted by Gasteiger charge is -2.32. The highest BCUT2D eigenvalue weighted by molar-refractivity contribution is 6.65. The van der Waals surface area contributed by atoms with Gasteiger partial charge in [0, 0.05) is 6.07 Å². The van der Waals surface area contributed by atoms with Crippen LogP contribution in [0.15, 0.2) is 18.2 Å². The van der Waals surface area contributed by atoms with E-state index >= 15 is 0 Å². The van der Waals surface area contributed by atoms with Crippen LogP contribution in [0, 0.1) is 10.1 Å². The minimum absolute atomic E-state index is 0.0614. The summed E-state index contributed by atoms with van der Waals surface area (Å²) in [4.78, 5) is 21.9. The molecule has 8 heteroatoms. The van der Waals surface area contributed by atoms with E-state index < -0.39 is 29.2 Å². The molecule has 0 aliphatic carbocycles. The van der Waals surface area contributed by atoms with Crippen LogP contribution in [0.2, 0.25) is 0 Å². The first-order chi connectivity index (χ1) is 9.57. The average Bonchev–Trinajstić information content (AvgIpc) is 2.57. The lowest BCUT2D eigenvalue weighted by molar-refractivity contribution is -0.383. The molecule has 2 rings (SSSR count). The quantitative estimate of drug-likeness (QED) is 0.516. The molecule has 1 saturated heterocycles. The normalized spacial score (nSPS) is 19.5. The second kappa shape index (κ2) is 4.82. The van der Waals surface area contributed by atoms with E-state index in [1.165, 1.54) is 18.2 Å². The number of aromatic carboxylic acids is 1. The largest absolute Gasteiger partial charge is 0.502 e. The summed E-state index contributed by atoms with van der Waals surface area (Å²) in [5, 5.41) is 20.4. The van der Waals surface area contributed by atoms with Crippen LogP contribution in [0.3, 0.4) is 0 Å². The molecule has 1 N–H and O–H groups in total. The number of hydrogen-bond acceptors (Lipinski definition) is 5. The van der Waals surface area contributed by atoms with Gasteiger partial charge in [-0.3, -0.25) is 10.1 Å². The van der Waals surface area contributed by atoms with Crippen molar-refractivity contribution < 1.29 is 24.1 Å². The number of nitro groups is 1. The lowest BCUT2D eigenvalue weighted by Crippen LogP contribution is -2.41. The molecule has 21 heavy (non-hydrogen) atoms. The van der Waals surface area contributed by atoms with Crippen LogP contribution in [-0.2, 0) is 9.31 Å². The van der Waals surface area contributed by atoms with E-state index in [1.807, 2.05) is 0 Å². The van der Waals surface area contributed by atoms with Crippen molar-refractivity contribution in [1.82, 2.24) is 0 Å². The van der Waals surface area contributed by atoms with Crippen LogP contribution in [-0.4, -0.2) is 34.3 Å². The molecule has 1 aliphatic heterocycles. The summed E-state index contributed by atoms with van der Waals surface area (Å²) in [5.41, 5.74) is -2.00. The van der Waals surface area contributed by atoms with Crippen molar-refractivity contribution in [2.75, 3.05) is 0 Å². The maximum Gasteiger partial charge on any atom is 0.502 e. The summed E-state index contributed by atoms with van der Waals surface area (Å²) in [6.07, 6.45) is 0. The number of nitro benzene ring substituents is 1. The van der Waals surface area contributed by atoms with Crippen molar-refractivity contribution in [3.63, 3.8) is 0 Å². The number of carboxylic acids is 1. The number of nitrogens with zero attached hydrogens (tertiary/aromatic N) is 1. The molecule has 7 nitrogen and oxygen atoms in total. The van der Waals surface area contributed by atoms with Gasteiger partial charge in [0.05, 0.1) is 27.2 Å². The summed E-state index contributed by atoms with van der Waals surface area (Å²) in [6, 6.07) is 3.87. The molecule has 0 atom stereocenters. The molecule has 1 aromatic rings. The first-order valence-electron chi connectivity index (χ1n) is 6.43. The molecule has 112 valence electrons. The van der Waals surface area contributed by atoms with Crippen LogP contribution in [0.1, 0.15) is 38.1 Å². The average molecular weight is 293 g/mol. The smallest absolute Gasteiger partial charge is 0.478 e. The zero-order valence-corrected chi connectivity index (χ0v) is 12.2. The van der Waals surface area contributed by atoms with E-state index in [2.05, 4.69) is 0 Å². The molecule has 0 spiro atoms. The zero-order chi connectivity index (χ0) is 16.0. The number of hydrogen-bond donors (Lipinski definition) is 1. The van der Waals surface area contributed by atoms with Crippen LogP contribution in [0.4, 0.5) is 5.69 Å². The molecule has 1 fully saturated rings. The van der Waals surface area contributed by atoms with Gasteiger partial charge in [0.2, 0.25) is 0 Å². The van der Waals surface area contributed by atoms with E-state index in [9.17, 15) is 20.0 Å². The van der Waals surface area contributed by atoms with Crippen molar-refractivity contribution >= 4 is 24.2 Å². The van der Waals surface area contributed by atoms with Crippen molar-refractivity contribution in [3.8, 4) is 0 Å². The zero-order valence-electron chi connectivity index (χ0n) is 12.2. The molecule has 0 amide bonds. The first kappa shape index (κ1) is 15.5. The highest BCUT2D eigenvalue weighted by Crippen LogP contribution is 2.37. The molecule has 1 heterocycles. The summed E-state index contributed by atoms with van der Waals surface area (Å²) >= 11 is 0. The van der Waals surface area contributed by atoms with E-state index in [-0.39, 0.29) is 16.7 Å². The van der Waals surface area contributed by atoms with Crippen molar-refractivity contribution in [2.24, 2.45) is 0 Å². The number of carbonyl (C=O) groups is 1. The van der Waals surface area contributed by atoms with E-state index in [0.29, 0.717) is 0 Å². The SMILES string of the molecule is CC1(C)OB(c2c(C(=O)O)cccc2[N+](=O)[O-])OC1(C)C. The Morgan fingerprint density at radius 1 is 1.24 bits per heavy atom. The predicted molar refractivity (Wildman–Crippen MR) is 75.8 cm³/mol. The summed E-state index contributed by atoms with van der Waals surface area (Å²) in [6.45, 7) is 7.18. The highest BCUT2D eigenvalue weighted by Gasteiger charge is 2.54. The number of benzene rings is 1. The minimum Gasteiger partial charge on any atom is -0.478 e. The third-order valence-electron chi connectivity index (χ3n) is 4.00. The molecule has 1 aliphatic rings. The number of rotatable bonds is 3. The van der Waals surface area contributed by atoms with Gasteiger partial charge >= 0.3 is 13.1 Å². The Hall–Kier alpha value is -1.93. The van der Waals surface area contributed by atoms with Gasteiger partial charge < -0.3 is 14.4 Å². The second-order valence-corrected chi connectivity index (χ2v) is 5.89. The molecule has 0 bridgehead atoms. The van der Waals surface area contributed by atoms with E-state index in [1.54, 1.807) is 27.7 Å². The van der Waals surface area contributed by atoms with Crippen molar-refractivity contribution in [3.05, 3.63) is 33.9 Å². The molecule has 0 aromatic heterocycles. The fourth-order valence-electron chi connectivity index (χ4n) is 2.11. The van der Waals surface area contributed by atoms with Crippen LogP contribution < -0.4 is 5.46 Å². The van der Waals surface area contributed by atoms with Crippen molar-refractivity contribution in [1.29, 1.82) is 0 Å². The van der Waals surface area contributed by atoms with Gasteiger partial charge in [0.15, 0.2) is 0 Å². The van der Waals surface area contributed by atoms with E-state index in [4.69, 9.17) is 9.31 Å². The van der Waals surface area contributed by atoms with Crippen molar-refractivity contribution in [2.45, 2.75) is 38.9 Å². The Labute approximate surface area is 122 Å². The van der Waals surface area contributed by atoms with Crippen LogP contribution >= 0.6 is 0 Å². The Bertz CT molecular complexity index is 564. The third-order valence-corrected chi connectivity index (χ3v) is 4.00. The third kappa shape index (κ3) is 2.52. The fraction of sp³-hybridized carbons (Fsp3) is 0.462. The standard InChI is InChI=1S/C13H16BNO6/c1-12(2)13(3,4)21-14(20-12)10-8(11(16)17)6-5-7-9(10)15(18)19/h5-7H,1-4H3,(H,16,17). The highest BCUT2D eigenvalue weighted by atomic mass is 16.7. The molecule has 0 saturated carbocycles. The van der Waals surface area contributed by atoms with Gasteiger partial charge in [0.1, 0.15) is 0 Å². The molecule has 0 unspecified atom stereocenters. The van der Waals surface area contributed by atoms with Crippen LogP contribution in [0.5, 0.6) is 0 Å². The topological polar surface area (TPSA) is 98.9 Å². The Morgan fingerprint density at radius 3 is 2.19 bits per heavy atom. The number of carboxylic acid groups (broad SMARTS) is 1. The molecule has 0 radical (unpaired) electrons. The van der Waals surface area contributed by atoms with Gasteiger partial charge in [-0.15, -0.1) is 0 Å². The monoisotopic (exact) mass is 293 g/mol. The lowest BCUT2D eigenvalue weighted by atomic mass is 9.74. The summed E-state index contributed by atoms with van der Waals surface area (Å²) < 4.78 is 11.5. The Kier molecular flexibility index (Phi) is 3.55. The molecular formula is C13H16BNO6. The first-order valence-corrected chi connectivity index (χ1v) is 6.43. The summed E-state index contributed by atoms with van der Waals surface area (Å²) in [7, 11) is -1.09. The summed E-state index contributed by atoms with van der Waals surface area (Å²) in [5.74, 6) is -1.26. The van der Waals surface area contributed by atoms with E-state index in [0.717, 1.165) is 0 Å². The van der Waals surface area contributed by atoms with Gasteiger partial charge in [-0.05, 0) is 33.8 Å². The maximum absolute atomic E-state index is 11.3. The van der Waals surface area contributed by atoms with Gasteiger partial charge in [0.25, 0.3) is 5.69 Å². The molecular weight excluding hydrogens is 277 g/mol. The Balaban J connectivity index is 2.59. The predicted octanol–water partition coefficient (Wildman–Crippen LogP) is 1.59. The van der Waals surface area contributed by atoms with Crippen LogP contribution in [0.25, 0.3) is 0 Å². The minimum atomic E-state index is -1.26. The van der Waals surface area contributed by atoms with Gasteiger partial charge in [-0.1, -0.05) is 6.07 Å². The Morgan fingerprint density at radius 2 is 1.76 bits per heavy atom. The fourth-order valence-corrected chi connectivity index (χ4v) is 2.11. The van der Waals surface area contributed by atoms with Gasteiger partial charge in [-0.25, -0.2) is 4.79 Å². The van der Waals surface area contributed by atoms with Gasteiger partial charge in [-0.2, -0.15) is 0 Å². The molecule has 1 aromatic carbocycles. The maximum atomic E-state index is 11.3.